The maximum atomic E-state index is 14.4. The van der Waals surface area contributed by atoms with E-state index >= 15 is 0 Å². The first-order valence-electron chi connectivity index (χ1n) is 9.69. The van der Waals surface area contributed by atoms with Crippen LogP contribution < -0.4 is 19.1 Å². The summed E-state index contributed by atoms with van der Waals surface area (Å²) < 4.78 is 85.3. The summed E-state index contributed by atoms with van der Waals surface area (Å²) in [6.45, 7) is 0.628. The van der Waals surface area contributed by atoms with Crippen molar-refractivity contribution in [1.29, 1.82) is 0 Å². The molecule has 186 valence electrons. The summed E-state index contributed by atoms with van der Waals surface area (Å²) in [5, 5.41) is -0.323. The molecule has 1 N–H and O–H groups in total. The number of sulfonamides is 1. The van der Waals surface area contributed by atoms with E-state index in [1.54, 1.807) is 4.72 Å². The number of carbonyl (C=O) groups is 1. The van der Waals surface area contributed by atoms with Gasteiger partial charge in [0.05, 0.1) is 27.9 Å². The number of alkyl halides is 3. The van der Waals surface area contributed by atoms with Crippen LogP contribution >= 0.6 is 23.2 Å². The number of hydrogen-bond donors (Lipinski definition) is 1. The minimum Gasteiger partial charge on any atom is -0.490 e. The summed E-state index contributed by atoms with van der Waals surface area (Å²) in [5.74, 6) is -2.79. The quantitative estimate of drug-likeness (QED) is 0.505. The van der Waals surface area contributed by atoms with Crippen molar-refractivity contribution < 1.29 is 40.2 Å². The minimum absolute atomic E-state index is 0.0481. The van der Waals surface area contributed by atoms with Crippen LogP contribution in [0.15, 0.2) is 30.3 Å². The predicted octanol–water partition coefficient (Wildman–Crippen LogP) is 4.77. The van der Waals surface area contributed by atoms with Gasteiger partial charge in [-0.25, -0.2) is 17.5 Å². The largest absolute Gasteiger partial charge is 0.573 e. The Hall–Kier alpha value is -2.44. The number of carbonyl (C=O) groups excluding carboxylic acids is 1. The minimum atomic E-state index is -4.87. The van der Waals surface area contributed by atoms with Crippen LogP contribution in [0.5, 0.6) is 11.5 Å². The molecule has 0 aromatic heterocycles. The summed E-state index contributed by atoms with van der Waals surface area (Å²) in [7, 11) is -3.90. The Bertz CT molecular complexity index is 1190. The number of ether oxygens (including phenoxy) is 2. The highest BCUT2D eigenvalue weighted by Crippen LogP contribution is 2.36. The lowest BCUT2D eigenvalue weighted by Gasteiger charge is -2.27. The van der Waals surface area contributed by atoms with Crippen molar-refractivity contribution >= 4 is 44.8 Å². The van der Waals surface area contributed by atoms with Crippen molar-refractivity contribution in [1.82, 2.24) is 4.72 Å². The standard InChI is InChI=1S/C20H18Cl2F4N2O5S/c1-34(30,31)27-19(29)13-8-15(22)18(9-16(13)23)32-10-12-3-2-6-28(12)11-4-5-17(14(21)7-11)33-20(24,25)26/h4-5,7-9,12H,2-3,6,10H2,1H3,(H,27,29)/t12-/m0/s1. The van der Waals surface area contributed by atoms with Crippen molar-refractivity contribution in [3.8, 4) is 11.5 Å². The van der Waals surface area contributed by atoms with E-state index in [9.17, 15) is 30.8 Å². The highest BCUT2D eigenvalue weighted by Gasteiger charge is 2.33. The number of nitrogens with zero attached hydrogens (tertiary/aromatic N) is 1. The number of benzene rings is 2. The van der Waals surface area contributed by atoms with Gasteiger partial charge in [0, 0.05) is 18.3 Å². The smallest absolute Gasteiger partial charge is 0.490 e. The number of rotatable bonds is 7. The summed E-state index contributed by atoms with van der Waals surface area (Å²) in [6.07, 6.45) is -2.68. The number of anilines is 1. The lowest BCUT2D eigenvalue weighted by molar-refractivity contribution is -0.274. The van der Waals surface area contributed by atoms with Crippen LogP contribution in [0.3, 0.4) is 0 Å². The lowest BCUT2D eigenvalue weighted by atomic mass is 10.2. The van der Waals surface area contributed by atoms with Gasteiger partial charge in [-0.05, 0) is 37.1 Å². The topological polar surface area (TPSA) is 84.9 Å². The van der Waals surface area contributed by atoms with Gasteiger partial charge < -0.3 is 14.4 Å². The Labute approximate surface area is 202 Å². The molecule has 0 bridgehead atoms. The van der Waals surface area contributed by atoms with E-state index in [-0.39, 0.29) is 28.4 Å². The van der Waals surface area contributed by atoms with Gasteiger partial charge in [-0.3, -0.25) is 4.79 Å². The second-order valence-electron chi connectivity index (χ2n) is 7.43. The molecule has 7 nitrogen and oxygen atoms in total. The fourth-order valence-electron chi connectivity index (χ4n) is 3.45. The van der Waals surface area contributed by atoms with Gasteiger partial charge in [0.2, 0.25) is 10.0 Å². The van der Waals surface area contributed by atoms with Crippen molar-refractivity contribution in [3.63, 3.8) is 0 Å². The van der Waals surface area contributed by atoms with Crippen LogP contribution in [0.4, 0.5) is 23.2 Å². The first kappa shape index (κ1) is 26.2. The molecule has 2 aromatic carbocycles. The summed E-state index contributed by atoms with van der Waals surface area (Å²) in [5.41, 5.74) is -0.0169. The molecule has 0 unspecified atom stereocenters. The third kappa shape index (κ3) is 6.80. The van der Waals surface area contributed by atoms with Gasteiger partial charge in [0.25, 0.3) is 5.91 Å². The van der Waals surface area contributed by atoms with E-state index in [0.29, 0.717) is 18.7 Å². The Morgan fingerprint density at radius 1 is 1.18 bits per heavy atom. The van der Waals surface area contributed by atoms with Crippen molar-refractivity contribution in [2.45, 2.75) is 25.2 Å². The molecule has 0 radical (unpaired) electrons. The Kier molecular flexibility index (Phi) is 7.73. The molecule has 1 fully saturated rings. The maximum absolute atomic E-state index is 14.4. The Morgan fingerprint density at radius 3 is 2.47 bits per heavy atom. The van der Waals surface area contributed by atoms with Gasteiger partial charge in [0.1, 0.15) is 23.9 Å². The number of halogens is 6. The predicted molar refractivity (Wildman–Crippen MR) is 118 cm³/mol. The lowest BCUT2D eigenvalue weighted by Crippen LogP contribution is -2.34. The normalized spacial score (nSPS) is 16.4. The van der Waals surface area contributed by atoms with Crippen LogP contribution in [0.25, 0.3) is 0 Å². The van der Waals surface area contributed by atoms with Crippen LogP contribution in [0, 0.1) is 5.82 Å². The SMILES string of the molecule is CS(=O)(=O)NC(=O)c1cc(Cl)c(OC[C@@H]2CCCN2c2ccc(OC(F)(F)F)c(Cl)c2)cc1F. The zero-order valence-corrected chi connectivity index (χ0v) is 19.8. The van der Waals surface area contributed by atoms with Crippen LogP contribution in [-0.4, -0.2) is 46.1 Å². The van der Waals surface area contributed by atoms with E-state index < -0.39 is 39.4 Å². The number of amides is 1. The van der Waals surface area contributed by atoms with Gasteiger partial charge in [-0.15, -0.1) is 13.2 Å². The molecule has 1 amide bonds. The summed E-state index contributed by atoms with van der Waals surface area (Å²) in [4.78, 5) is 13.8. The third-order valence-electron chi connectivity index (χ3n) is 4.83. The molecule has 1 atom stereocenters. The average Bonchev–Trinajstić information content (AvgIpc) is 3.16. The van der Waals surface area contributed by atoms with Gasteiger partial charge in [-0.2, -0.15) is 0 Å². The maximum Gasteiger partial charge on any atom is 0.573 e. The molecule has 34 heavy (non-hydrogen) atoms. The fourth-order valence-corrected chi connectivity index (χ4v) is 4.33. The first-order valence-corrected chi connectivity index (χ1v) is 12.3. The molecule has 1 aliphatic rings. The van der Waals surface area contributed by atoms with Crippen LogP contribution in [0.2, 0.25) is 10.0 Å². The van der Waals surface area contributed by atoms with Crippen molar-refractivity contribution in [3.05, 3.63) is 51.8 Å². The highest BCUT2D eigenvalue weighted by atomic mass is 35.5. The van der Waals surface area contributed by atoms with Gasteiger partial charge in [-0.1, -0.05) is 23.2 Å². The monoisotopic (exact) mass is 544 g/mol. The van der Waals surface area contributed by atoms with Crippen LogP contribution in [-0.2, 0) is 10.0 Å². The first-order chi connectivity index (χ1) is 15.7. The van der Waals surface area contributed by atoms with Gasteiger partial charge in [0.15, 0.2) is 0 Å². The Morgan fingerprint density at radius 2 is 1.85 bits per heavy atom. The Balaban J connectivity index is 1.71. The molecule has 3 rings (SSSR count). The molecule has 1 heterocycles. The molecule has 0 saturated carbocycles. The van der Waals surface area contributed by atoms with Crippen LogP contribution in [0.1, 0.15) is 23.2 Å². The van der Waals surface area contributed by atoms with E-state index in [0.717, 1.165) is 30.9 Å². The molecule has 2 aromatic rings. The van der Waals surface area contributed by atoms with Gasteiger partial charge >= 0.3 is 6.36 Å². The molecule has 0 spiro atoms. The second-order valence-corrected chi connectivity index (χ2v) is 9.99. The van der Waals surface area contributed by atoms with E-state index in [2.05, 4.69) is 4.74 Å². The number of nitrogens with one attached hydrogen (secondary N) is 1. The van der Waals surface area contributed by atoms with Crippen molar-refractivity contribution in [2.75, 3.05) is 24.3 Å². The molecule has 1 saturated heterocycles. The van der Waals surface area contributed by atoms with E-state index in [1.165, 1.54) is 12.1 Å². The zero-order valence-electron chi connectivity index (χ0n) is 17.5. The van der Waals surface area contributed by atoms with Crippen molar-refractivity contribution in [2.24, 2.45) is 0 Å². The third-order valence-corrected chi connectivity index (χ3v) is 5.97. The molecular formula is C20H18Cl2F4N2O5S. The highest BCUT2D eigenvalue weighted by molar-refractivity contribution is 7.89. The zero-order chi connectivity index (χ0) is 25.3. The molecular weight excluding hydrogens is 527 g/mol. The second kappa shape index (κ2) is 10.0. The molecule has 0 aliphatic carbocycles. The molecule has 14 heteroatoms. The summed E-state index contributed by atoms with van der Waals surface area (Å²) >= 11 is 12.0. The fraction of sp³-hybridized carbons (Fsp3) is 0.350. The van der Waals surface area contributed by atoms with E-state index in [4.69, 9.17) is 27.9 Å². The number of hydrogen-bond acceptors (Lipinski definition) is 6. The summed E-state index contributed by atoms with van der Waals surface area (Å²) in [6, 6.07) is 5.51. The van der Waals surface area contributed by atoms with E-state index in [1.807, 2.05) is 4.90 Å². The average molecular weight is 545 g/mol. The molecule has 1 aliphatic heterocycles.